The van der Waals surface area contributed by atoms with E-state index >= 15 is 0 Å². The van der Waals surface area contributed by atoms with Crippen molar-refractivity contribution < 1.29 is 35.5 Å². The normalized spacial score (nSPS) is 20.3. The Morgan fingerprint density at radius 3 is 2.33 bits per heavy atom. The summed E-state index contributed by atoms with van der Waals surface area (Å²) in [5.41, 5.74) is -6.99. The molecule has 180 valence electrons. The lowest BCUT2D eigenvalue weighted by atomic mass is 9.67. The molecule has 1 heterocycles. The summed E-state index contributed by atoms with van der Waals surface area (Å²) in [6.45, 7) is 1.02. The van der Waals surface area contributed by atoms with Gasteiger partial charge < -0.3 is 5.32 Å². The number of carbonyl (C=O) groups is 1. The SMILES string of the molecule is CSc1cc(F)cc(NC(=O)c2c(C(F)(F)F)c(C3(F)CC3)nn2CC2(C)CC(F)(F)C2)c1. The summed E-state index contributed by atoms with van der Waals surface area (Å²) in [6, 6.07) is 3.48. The van der Waals surface area contributed by atoms with E-state index in [1.807, 2.05) is 0 Å². The molecule has 33 heavy (non-hydrogen) atoms. The molecule has 1 N–H and O–H groups in total. The van der Waals surface area contributed by atoms with E-state index < -0.39 is 71.2 Å². The Balaban J connectivity index is 1.78. The number of alkyl halides is 6. The number of rotatable bonds is 6. The molecule has 1 aromatic heterocycles. The van der Waals surface area contributed by atoms with Gasteiger partial charge in [-0.2, -0.15) is 18.3 Å². The number of carbonyl (C=O) groups excluding carboxylic acids is 1. The van der Waals surface area contributed by atoms with Crippen molar-refractivity contribution in [2.45, 2.75) is 61.8 Å². The van der Waals surface area contributed by atoms with E-state index in [-0.39, 0.29) is 18.5 Å². The van der Waals surface area contributed by atoms with Crippen LogP contribution in [0.3, 0.4) is 0 Å². The van der Waals surface area contributed by atoms with Crippen molar-refractivity contribution in [3.05, 3.63) is 41.0 Å². The summed E-state index contributed by atoms with van der Waals surface area (Å²) in [4.78, 5) is 13.4. The van der Waals surface area contributed by atoms with Gasteiger partial charge in [-0.1, -0.05) is 6.92 Å². The number of nitrogens with zero attached hydrogens (tertiary/aromatic N) is 2. The fraction of sp³-hybridized carbons (Fsp3) is 0.524. The van der Waals surface area contributed by atoms with Crippen LogP contribution < -0.4 is 5.32 Å². The number of nitrogens with one attached hydrogen (secondary N) is 1. The molecule has 2 fully saturated rings. The van der Waals surface area contributed by atoms with Crippen molar-refractivity contribution in [2.24, 2.45) is 5.41 Å². The van der Waals surface area contributed by atoms with Crippen molar-refractivity contribution >= 4 is 23.4 Å². The van der Waals surface area contributed by atoms with Crippen LogP contribution in [0.1, 0.15) is 54.4 Å². The number of benzene rings is 1. The van der Waals surface area contributed by atoms with E-state index in [2.05, 4.69) is 10.4 Å². The number of hydrogen-bond donors (Lipinski definition) is 1. The first-order chi connectivity index (χ1) is 15.1. The van der Waals surface area contributed by atoms with Crippen LogP contribution in [0, 0.1) is 11.2 Å². The van der Waals surface area contributed by atoms with Gasteiger partial charge in [0, 0.05) is 30.0 Å². The second-order valence-electron chi connectivity index (χ2n) is 9.05. The van der Waals surface area contributed by atoms with Crippen LogP contribution in [0.15, 0.2) is 23.1 Å². The molecule has 0 bridgehead atoms. The van der Waals surface area contributed by atoms with Gasteiger partial charge in [-0.25, -0.2) is 17.6 Å². The van der Waals surface area contributed by atoms with Gasteiger partial charge in [0.25, 0.3) is 5.91 Å². The molecule has 2 aliphatic rings. The molecule has 0 atom stereocenters. The number of thioether (sulfide) groups is 1. The van der Waals surface area contributed by atoms with E-state index in [4.69, 9.17) is 0 Å². The lowest BCUT2D eigenvalue weighted by molar-refractivity contribution is -0.160. The molecule has 0 unspecified atom stereocenters. The van der Waals surface area contributed by atoms with Gasteiger partial charge in [0.2, 0.25) is 5.92 Å². The van der Waals surface area contributed by atoms with Crippen molar-refractivity contribution in [1.82, 2.24) is 9.78 Å². The predicted molar refractivity (Wildman–Crippen MR) is 108 cm³/mol. The van der Waals surface area contributed by atoms with Crippen LogP contribution in [0.4, 0.5) is 36.4 Å². The average Bonchev–Trinajstić information content (AvgIpc) is 3.26. The molecule has 0 radical (unpaired) electrons. The summed E-state index contributed by atoms with van der Waals surface area (Å²) in [5, 5.41) is 6.00. The molecule has 2 aliphatic carbocycles. The van der Waals surface area contributed by atoms with Crippen LogP contribution in [-0.2, 0) is 18.4 Å². The third-order valence-corrected chi connectivity index (χ3v) is 6.54. The lowest BCUT2D eigenvalue weighted by Crippen LogP contribution is -2.47. The number of anilines is 1. The Morgan fingerprint density at radius 2 is 1.82 bits per heavy atom. The molecule has 4 nitrogen and oxygen atoms in total. The van der Waals surface area contributed by atoms with Crippen LogP contribution in [0.5, 0.6) is 0 Å². The minimum absolute atomic E-state index is 0.102. The summed E-state index contributed by atoms with van der Waals surface area (Å²) < 4.78 is 98.4. The van der Waals surface area contributed by atoms with E-state index in [0.29, 0.717) is 9.58 Å². The van der Waals surface area contributed by atoms with Crippen molar-refractivity contribution in [1.29, 1.82) is 0 Å². The van der Waals surface area contributed by atoms with Crippen LogP contribution in [0.2, 0.25) is 0 Å². The summed E-state index contributed by atoms with van der Waals surface area (Å²) in [5.74, 6) is -4.96. The molecule has 2 aromatic rings. The third-order valence-electron chi connectivity index (χ3n) is 5.83. The van der Waals surface area contributed by atoms with Crippen LogP contribution in [-0.4, -0.2) is 27.9 Å². The van der Waals surface area contributed by atoms with Gasteiger partial charge in [-0.15, -0.1) is 11.8 Å². The predicted octanol–water partition coefficient (Wildman–Crippen LogP) is 6.41. The summed E-state index contributed by atoms with van der Waals surface area (Å²) in [6.07, 6.45) is -5.05. The Bertz CT molecular complexity index is 1100. The first kappa shape index (κ1) is 23.9. The summed E-state index contributed by atoms with van der Waals surface area (Å²) in [7, 11) is 0. The second kappa shape index (κ2) is 7.64. The molecular formula is C21H20F7N3OS. The topological polar surface area (TPSA) is 46.9 Å². The number of aromatic nitrogens is 2. The number of amides is 1. The quantitative estimate of drug-likeness (QED) is 0.372. The highest BCUT2D eigenvalue weighted by atomic mass is 32.2. The minimum atomic E-state index is -5.13. The van der Waals surface area contributed by atoms with Gasteiger partial charge in [0.1, 0.15) is 22.8 Å². The van der Waals surface area contributed by atoms with Gasteiger partial charge >= 0.3 is 6.18 Å². The van der Waals surface area contributed by atoms with E-state index in [1.165, 1.54) is 19.1 Å². The zero-order valence-electron chi connectivity index (χ0n) is 17.6. The molecule has 1 amide bonds. The number of halogens is 7. The van der Waals surface area contributed by atoms with Gasteiger partial charge in [-0.3, -0.25) is 9.48 Å². The molecule has 0 spiro atoms. The Labute approximate surface area is 188 Å². The first-order valence-electron chi connectivity index (χ1n) is 10.1. The van der Waals surface area contributed by atoms with Crippen molar-refractivity contribution in [3.8, 4) is 0 Å². The minimum Gasteiger partial charge on any atom is -0.321 e. The van der Waals surface area contributed by atoms with Crippen LogP contribution in [0.25, 0.3) is 0 Å². The molecule has 12 heteroatoms. The second-order valence-corrected chi connectivity index (χ2v) is 9.93. The van der Waals surface area contributed by atoms with Gasteiger partial charge in [0.05, 0.1) is 0 Å². The molecule has 0 aliphatic heterocycles. The van der Waals surface area contributed by atoms with E-state index in [9.17, 15) is 35.5 Å². The largest absolute Gasteiger partial charge is 0.420 e. The fourth-order valence-electron chi connectivity index (χ4n) is 4.35. The zero-order chi connectivity index (χ0) is 24.4. The highest BCUT2D eigenvalue weighted by Gasteiger charge is 2.57. The van der Waals surface area contributed by atoms with Gasteiger partial charge in [0.15, 0.2) is 5.67 Å². The Morgan fingerprint density at radius 1 is 1.18 bits per heavy atom. The van der Waals surface area contributed by atoms with E-state index in [1.54, 1.807) is 6.26 Å². The molecular weight excluding hydrogens is 475 g/mol. The molecule has 1 aromatic carbocycles. The lowest BCUT2D eigenvalue weighted by Gasteiger charge is -2.44. The smallest absolute Gasteiger partial charge is 0.321 e. The standard InChI is InChI=1S/C21H20F7N3OS/c1-18(8-20(24,25)9-18)10-31-15(14(21(26,27)28)16(30-31)19(23)3-4-19)17(32)29-12-5-11(22)6-13(7-12)33-2/h5-7H,3-4,8-10H2,1-2H3,(H,29,32). The maximum Gasteiger partial charge on any atom is 0.420 e. The Hall–Kier alpha value is -2.24. The average molecular weight is 495 g/mol. The monoisotopic (exact) mass is 495 g/mol. The zero-order valence-corrected chi connectivity index (χ0v) is 18.4. The highest BCUT2D eigenvalue weighted by molar-refractivity contribution is 7.98. The maximum absolute atomic E-state index is 14.8. The number of hydrogen-bond acceptors (Lipinski definition) is 3. The first-order valence-corrected chi connectivity index (χ1v) is 11.3. The summed E-state index contributed by atoms with van der Waals surface area (Å²) >= 11 is 1.16. The van der Waals surface area contributed by atoms with Crippen molar-refractivity contribution in [3.63, 3.8) is 0 Å². The Kier molecular flexibility index (Phi) is 5.53. The van der Waals surface area contributed by atoms with Crippen LogP contribution >= 0.6 is 11.8 Å². The maximum atomic E-state index is 14.8. The van der Waals surface area contributed by atoms with Gasteiger partial charge in [-0.05, 0) is 42.7 Å². The molecule has 2 saturated carbocycles. The van der Waals surface area contributed by atoms with E-state index in [0.717, 1.165) is 17.8 Å². The molecule has 4 rings (SSSR count). The highest BCUT2D eigenvalue weighted by Crippen LogP contribution is 2.55. The third kappa shape index (κ3) is 4.71. The fourth-order valence-corrected chi connectivity index (χ4v) is 4.82. The molecule has 0 saturated heterocycles. The van der Waals surface area contributed by atoms with Crippen molar-refractivity contribution in [2.75, 3.05) is 11.6 Å².